The third kappa shape index (κ3) is 7.56. The van der Waals surface area contributed by atoms with Crippen LogP contribution in [0.25, 0.3) is 10.8 Å². The van der Waals surface area contributed by atoms with E-state index in [1.54, 1.807) is 30.3 Å². The zero-order valence-corrected chi connectivity index (χ0v) is 23.6. The van der Waals surface area contributed by atoms with E-state index in [4.69, 9.17) is 9.47 Å². The maximum absolute atomic E-state index is 13.3. The number of benzene rings is 3. The number of Topliss-reactive ketones (excluding diaryl/α,β-unsaturated/α-hetero) is 1. The Morgan fingerprint density at radius 2 is 1.64 bits per heavy atom. The number of nitrogens with one attached hydrogen (secondary N) is 2. The van der Waals surface area contributed by atoms with Gasteiger partial charge in [-0.15, -0.1) is 0 Å². The van der Waals surface area contributed by atoms with Gasteiger partial charge in [-0.3, -0.25) is 19.2 Å². The van der Waals surface area contributed by atoms with Crippen LogP contribution in [0.5, 0.6) is 5.75 Å². The summed E-state index contributed by atoms with van der Waals surface area (Å²) < 4.78 is 37.5. The van der Waals surface area contributed by atoms with Crippen molar-refractivity contribution >= 4 is 43.9 Å². The first-order chi connectivity index (χ1) is 18.4. The molecule has 0 spiro atoms. The van der Waals surface area contributed by atoms with Crippen molar-refractivity contribution in [3.05, 3.63) is 65.7 Å². The predicted octanol–water partition coefficient (Wildman–Crippen LogP) is 4.04. The zero-order chi connectivity index (χ0) is 28.2. The Labute approximate surface area is 229 Å². The van der Waals surface area contributed by atoms with Gasteiger partial charge in [0.2, 0.25) is 10.0 Å². The largest absolute Gasteiger partial charge is 0.492 e. The van der Waals surface area contributed by atoms with Gasteiger partial charge >= 0.3 is 0 Å². The zero-order valence-electron chi connectivity index (χ0n) is 22.7. The molecule has 1 aliphatic rings. The fraction of sp³-hybridized carbons (Fsp3) is 0.379. The summed E-state index contributed by atoms with van der Waals surface area (Å²) in [6, 6.07) is 15.6. The van der Waals surface area contributed by atoms with Crippen molar-refractivity contribution in [3.63, 3.8) is 0 Å². The minimum absolute atomic E-state index is 0.255. The van der Waals surface area contributed by atoms with Crippen LogP contribution in [0, 0.1) is 0 Å². The lowest BCUT2D eigenvalue weighted by molar-refractivity contribution is -0.112. The Morgan fingerprint density at radius 3 is 2.31 bits per heavy atom. The van der Waals surface area contributed by atoms with E-state index < -0.39 is 21.7 Å². The number of rotatable bonds is 9. The molecular formula is C29H35N3O6S. The SMILES string of the molecule is CC(C)(C)c1cc(NC(=O)C(=O)c2ccc(OCCN3CCOCC3)c3ccccc23)cc(NS(C)(=O)=O)c1. The minimum Gasteiger partial charge on any atom is -0.492 e. The Balaban J connectivity index is 1.55. The number of sulfonamides is 1. The number of carbonyl (C=O) groups excluding carboxylic acids is 2. The number of ether oxygens (including phenoxy) is 2. The molecule has 0 bridgehead atoms. The first-order valence-electron chi connectivity index (χ1n) is 12.8. The number of hydrogen-bond acceptors (Lipinski definition) is 7. The molecule has 2 N–H and O–H groups in total. The van der Waals surface area contributed by atoms with Gasteiger partial charge in [0.05, 0.1) is 25.2 Å². The smallest absolute Gasteiger partial charge is 0.296 e. The standard InChI is InChI=1S/C29H35N3O6S/c1-29(2,3)20-17-21(19-22(18-20)31-39(4,35)36)30-28(34)27(33)25-9-10-26(24-8-6-5-7-23(24)25)38-16-13-32-11-14-37-15-12-32/h5-10,17-19,31H,11-16H2,1-4H3,(H,30,34). The monoisotopic (exact) mass is 553 g/mol. The predicted molar refractivity (Wildman–Crippen MR) is 153 cm³/mol. The molecule has 1 heterocycles. The molecular weight excluding hydrogens is 518 g/mol. The van der Waals surface area contributed by atoms with Crippen molar-refractivity contribution < 1.29 is 27.5 Å². The minimum atomic E-state index is -3.54. The molecule has 0 aliphatic carbocycles. The van der Waals surface area contributed by atoms with E-state index in [0.717, 1.165) is 50.1 Å². The van der Waals surface area contributed by atoms with E-state index in [1.165, 1.54) is 6.07 Å². The maximum Gasteiger partial charge on any atom is 0.296 e. The Hall–Kier alpha value is -3.47. The first kappa shape index (κ1) is 28.5. The highest BCUT2D eigenvalue weighted by Crippen LogP contribution is 2.31. The topological polar surface area (TPSA) is 114 Å². The van der Waals surface area contributed by atoms with Crippen LogP contribution < -0.4 is 14.8 Å². The van der Waals surface area contributed by atoms with Gasteiger partial charge in [0.15, 0.2) is 0 Å². The second-order valence-electron chi connectivity index (χ2n) is 10.7. The number of hydrogen-bond donors (Lipinski definition) is 2. The molecule has 0 unspecified atom stereocenters. The molecule has 1 aliphatic heterocycles. The summed E-state index contributed by atoms with van der Waals surface area (Å²) in [6.07, 6.45) is 1.06. The lowest BCUT2D eigenvalue weighted by atomic mass is 9.86. The van der Waals surface area contributed by atoms with Crippen LogP contribution in [-0.4, -0.2) is 70.7 Å². The molecule has 1 amide bonds. The average Bonchev–Trinajstić information content (AvgIpc) is 2.87. The van der Waals surface area contributed by atoms with Crippen LogP contribution in [0.1, 0.15) is 36.7 Å². The van der Waals surface area contributed by atoms with Crippen LogP contribution in [0.3, 0.4) is 0 Å². The van der Waals surface area contributed by atoms with E-state index in [-0.39, 0.29) is 11.0 Å². The number of fused-ring (bicyclic) bond motifs is 1. The molecule has 1 fully saturated rings. The normalized spacial score (nSPS) is 14.7. The van der Waals surface area contributed by atoms with Crippen molar-refractivity contribution in [2.75, 3.05) is 55.7 Å². The van der Waals surface area contributed by atoms with E-state index in [1.807, 2.05) is 39.0 Å². The van der Waals surface area contributed by atoms with Gasteiger partial charge in [-0.2, -0.15) is 0 Å². The second kappa shape index (κ2) is 11.7. The van der Waals surface area contributed by atoms with Gasteiger partial charge in [-0.1, -0.05) is 45.0 Å². The summed E-state index contributed by atoms with van der Waals surface area (Å²) in [6.45, 7) is 10.4. The van der Waals surface area contributed by atoms with E-state index in [0.29, 0.717) is 29.1 Å². The van der Waals surface area contributed by atoms with Crippen LogP contribution in [0.2, 0.25) is 0 Å². The molecule has 3 aromatic rings. The highest BCUT2D eigenvalue weighted by molar-refractivity contribution is 7.92. The first-order valence-corrected chi connectivity index (χ1v) is 14.7. The molecule has 10 heteroatoms. The van der Waals surface area contributed by atoms with Crippen molar-refractivity contribution in [2.45, 2.75) is 26.2 Å². The van der Waals surface area contributed by atoms with Gasteiger partial charge in [0, 0.05) is 36.3 Å². The highest BCUT2D eigenvalue weighted by Gasteiger charge is 2.22. The number of morpholine rings is 1. The van der Waals surface area contributed by atoms with Crippen LogP contribution in [0.4, 0.5) is 11.4 Å². The van der Waals surface area contributed by atoms with Crippen molar-refractivity contribution in [2.24, 2.45) is 0 Å². The molecule has 0 atom stereocenters. The van der Waals surface area contributed by atoms with Crippen LogP contribution in [-0.2, 0) is 25.0 Å². The number of anilines is 2. The summed E-state index contributed by atoms with van der Waals surface area (Å²) in [5.74, 6) is -0.882. The Bertz CT molecular complexity index is 1470. The van der Waals surface area contributed by atoms with Crippen molar-refractivity contribution in [3.8, 4) is 5.75 Å². The van der Waals surface area contributed by atoms with E-state index in [2.05, 4.69) is 14.9 Å². The summed E-state index contributed by atoms with van der Waals surface area (Å²) in [5.41, 5.74) is 1.34. The molecule has 4 rings (SSSR count). The van der Waals surface area contributed by atoms with Gasteiger partial charge in [-0.25, -0.2) is 8.42 Å². The fourth-order valence-corrected chi connectivity index (χ4v) is 4.97. The summed E-state index contributed by atoms with van der Waals surface area (Å²) in [5, 5.41) is 4.02. The highest BCUT2D eigenvalue weighted by atomic mass is 32.2. The molecule has 39 heavy (non-hydrogen) atoms. The van der Waals surface area contributed by atoms with Gasteiger partial charge < -0.3 is 14.8 Å². The summed E-state index contributed by atoms with van der Waals surface area (Å²) >= 11 is 0. The molecule has 1 saturated heterocycles. The molecule has 0 aromatic heterocycles. The van der Waals surface area contributed by atoms with Crippen molar-refractivity contribution in [1.82, 2.24) is 4.90 Å². The number of nitrogens with zero attached hydrogens (tertiary/aromatic N) is 1. The fourth-order valence-electron chi connectivity index (χ4n) is 4.42. The molecule has 0 saturated carbocycles. The second-order valence-corrected chi connectivity index (χ2v) is 12.4. The Morgan fingerprint density at radius 1 is 0.974 bits per heavy atom. The average molecular weight is 554 g/mol. The summed E-state index contributed by atoms with van der Waals surface area (Å²) in [7, 11) is -3.54. The van der Waals surface area contributed by atoms with E-state index in [9.17, 15) is 18.0 Å². The molecule has 208 valence electrons. The van der Waals surface area contributed by atoms with E-state index >= 15 is 0 Å². The lowest BCUT2D eigenvalue weighted by Gasteiger charge is -2.26. The number of ketones is 1. The van der Waals surface area contributed by atoms with Crippen molar-refractivity contribution in [1.29, 1.82) is 0 Å². The van der Waals surface area contributed by atoms with Gasteiger partial charge in [-0.05, 0) is 46.7 Å². The molecule has 3 aromatic carbocycles. The Kier molecular flexibility index (Phi) is 8.58. The van der Waals surface area contributed by atoms with Crippen LogP contribution in [0.15, 0.2) is 54.6 Å². The molecule has 0 radical (unpaired) electrons. The maximum atomic E-state index is 13.3. The third-order valence-electron chi connectivity index (χ3n) is 6.46. The third-order valence-corrected chi connectivity index (χ3v) is 7.07. The van der Waals surface area contributed by atoms with Gasteiger partial charge in [0.25, 0.3) is 11.7 Å². The number of carbonyl (C=O) groups is 2. The van der Waals surface area contributed by atoms with Crippen LogP contribution >= 0.6 is 0 Å². The van der Waals surface area contributed by atoms with Gasteiger partial charge in [0.1, 0.15) is 12.4 Å². The number of amides is 1. The summed E-state index contributed by atoms with van der Waals surface area (Å²) in [4.78, 5) is 28.7. The lowest BCUT2D eigenvalue weighted by Crippen LogP contribution is -2.38. The quantitative estimate of drug-likeness (QED) is 0.304. The molecule has 9 nitrogen and oxygen atoms in total.